The van der Waals surface area contributed by atoms with Crippen LogP contribution in [0, 0.1) is 29.6 Å². The fraction of sp³-hybridized carbons (Fsp3) is 0.806. The molecule has 23 nitrogen and oxygen atoms in total. The number of unbranched alkanes of at least 4 members (excludes halogenated alkanes) is 2. The highest BCUT2D eigenvalue weighted by Crippen LogP contribution is 2.32. The third-order valence-corrected chi connectivity index (χ3v) is 17.7. The highest BCUT2D eigenvalue weighted by atomic mass is 16.5. The van der Waals surface area contributed by atoms with Gasteiger partial charge < -0.3 is 55.0 Å². The topological polar surface area (TPSA) is 273 Å². The van der Waals surface area contributed by atoms with Gasteiger partial charge in [0.1, 0.15) is 67.0 Å². The number of nitrogens with one attached hydrogen (secondary N) is 3. The van der Waals surface area contributed by atoms with E-state index in [0.717, 1.165) is 9.80 Å². The third kappa shape index (κ3) is 18.0. The smallest absolute Gasteiger partial charge is 0.325 e. The normalized spacial score (nSPS) is 27.8. The average Bonchev–Trinajstić information content (AvgIpc) is 2.81. The van der Waals surface area contributed by atoms with Crippen molar-refractivity contribution in [1.82, 2.24) is 50.2 Å². The molecule has 480 valence electrons. The van der Waals surface area contributed by atoms with Gasteiger partial charge in [0.25, 0.3) is 5.91 Å². The van der Waals surface area contributed by atoms with Crippen LogP contribution in [0.5, 0.6) is 0 Å². The molecule has 12 unspecified atom stereocenters. The van der Waals surface area contributed by atoms with Gasteiger partial charge in [0, 0.05) is 54.2 Å². The second-order valence-corrected chi connectivity index (χ2v) is 25.7. The number of likely N-dealkylation sites (tertiary alicyclic amines) is 1. The Kier molecular flexibility index (Phi) is 27.3. The van der Waals surface area contributed by atoms with E-state index in [1.807, 2.05) is 55.4 Å². The van der Waals surface area contributed by atoms with Crippen molar-refractivity contribution >= 4 is 70.8 Å². The molecule has 0 radical (unpaired) electrons. The maximum Gasteiger partial charge on any atom is 0.325 e. The largest absolute Gasteiger partial charge is 0.459 e. The molecule has 4 aliphatic heterocycles. The van der Waals surface area contributed by atoms with Crippen molar-refractivity contribution < 1.29 is 62.3 Å². The average molecular weight is 1200 g/mol. The zero-order valence-electron chi connectivity index (χ0n) is 54.0. The quantitative estimate of drug-likeness (QED) is 0.123. The molecular weight excluding hydrogens is 1090 g/mol. The molecule has 4 rings (SSSR count). The fourth-order valence-electron chi connectivity index (χ4n) is 12.7. The summed E-state index contributed by atoms with van der Waals surface area (Å²) in [5.74, 6) is -8.95. The van der Waals surface area contributed by atoms with E-state index in [2.05, 4.69) is 16.0 Å². The number of nitrogens with zero attached hydrogens (tertiary/aromatic N) is 7. The van der Waals surface area contributed by atoms with Crippen molar-refractivity contribution in [2.75, 3.05) is 54.4 Å². The summed E-state index contributed by atoms with van der Waals surface area (Å²) in [7, 11) is 5.74. The second-order valence-electron chi connectivity index (χ2n) is 25.7. The summed E-state index contributed by atoms with van der Waals surface area (Å²) in [4.78, 5) is 183. The molecule has 85 heavy (non-hydrogen) atoms. The van der Waals surface area contributed by atoms with E-state index in [1.54, 1.807) is 20.8 Å². The lowest BCUT2D eigenvalue weighted by atomic mass is 9.98. The summed E-state index contributed by atoms with van der Waals surface area (Å²) in [5.41, 5.74) is 0. The van der Waals surface area contributed by atoms with Crippen LogP contribution in [0.4, 0.5) is 0 Å². The van der Waals surface area contributed by atoms with Gasteiger partial charge >= 0.3 is 5.97 Å². The van der Waals surface area contributed by atoms with Gasteiger partial charge in [0.15, 0.2) is 0 Å². The molecule has 23 heteroatoms. The monoisotopic (exact) mass is 1200 g/mol. The number of amides is 10. The summed E-state index contributed by atoms with van der Waals surface area (Å²) in [6.45, 7) is 21.5. The van der Waals surface area contributed by atoms with E-state index >= 15 is 14.4 Å². The predicted molar refractivity (Wildman–Crippen MR) is 319 cm³/mol. The Morgan fingerprint density at radius 1 is 0.682 bits per heavy atom. The van der Waals surface area contributed by atoms with E-state index < -0.39 is 144 Å². The maximum absolute atomic E-state index is 15.3. The van der Waals surface area contributed by atoms with E-state index in [1.165, 1.54) is 59.6 Å². The molecule has 4 aliphatic rings. The van der Waals surface area contributed by atoms with Crippen molar-refractivity contribution in [3.63, 3.8) is 0 Å². The molecule has 12 atom stereocenters. The number of carbonyl (C=O) groups excluding carboxylic acids is 12. The highest BCUT2D eigenvalue weighted by Gasteiger charge is 2.49. The Labute approximate surface area is 505 Å². The van der Waals surface area contributed by atoms with E-state index in [9.17, 15) is 43.2 Å². The van der Waals surface area contributed by atoms with E-state index in [4.69, 9.17) is 4.74 Å². The van der Waals surface area contributed by atoms with Crippen molar-refractivity contribution in [1.29, 1.82) is 0 Å². The first-order valence-electron chi connectivity index (χ1n) is 31.6. The first-order chi connectivity index (χ1) is 40.0. The summed E-state index contributed by atoms with van der Waals surface area (Å²) >= 11 is 0. The lowest BCUT2D eigenvalue weighted by Crippen LogP contribution is -2.62. The van der Waals surface area contributed by atoms with Crippen molar-refractivity contribution in [3.05, 3.63) is 0 Å². The van der Waals surface area contributed by atoms with Crippen LogP contribution in [-0.4, -0.2) is 220 Å². The number of carbonyl (C=O) groups is 12. The molecule has 3 N–H and O–H groups in total. The van der Waals surface area contributed by atoms with Crippen molar-refractivity contribution in [2.45, 2.75) is 240 Å². The fourth-order valence-corrected chi connectivity index (χ4v) is 12.7. The molecule has 4 fully saturated rings. The molecule has 10 amide bonds. The Hall–Kier alpha value is -6.16. The van der Waals surface area contributed by atoms with Gasteiger partial charge in [-0.3, -0.25) is 57.5 Å². The first kappa shape index (κ1) is 71.3. The number of hydrogen-bond acceptors (Lipinski definition) is 13. The van der Waals surface area contributed by atoms with Gasteiger partial charge in [-0.15, -0.1) is 0 Å². The number of cyclic esters (lactones) is 1. The summed E-state index contributed by atoms with van der Waals surface area (Å²) < 4.78 is 5.95. The summed E-state index contributed by atoms with van der Waals surface area (Å²) in [5, 5.41) is 8.50. The predicted octanol–water partition coefficient (Wildman–Crippen LogP) is 3.68. The summed E-state index contributed by atoms with van der Waals surface area (Å²) in [6, 6.07) is -10.5. The molecule has 0 spiro atoms. The van der Waals surface area contributed by atoms with Crippen LogP contribution in [-0.2, 0) is 62.3 Å². The number of esters is 1. The molecule has 4 saturated heterocycles. The van der Waals surface area contributed by atoms with Gasteiger partial charge in [-0.2, -0.15) is 0 Å². The molecule has 0 aliphatic carbocycles. The number of fused-ring (bicyclic) bond motifs is 2. The molecule has 0 aromatic heterocycles. The molecule has 0 aromatic rings. The number of Topliss-reactive ketones (excluding diaryl/α,β-unsaturated/α-hetero) is 1. The Bertz CT molecular complexity index is 2400. The van der Waals surface area contributed by atoms with E-state index in [0.29, 0.717) is 51.4 Å². The van der Waals surface area contributed by atoms with Gasteiger partial charge in [0.2, 0.25) is 58.9 Å². The van der Waals surface area contributed by atoms with Gasteiger partial charge in [0.05, 0.1) is 0 Å². The maximum atomic E-state index is 15.3. The zero-order valence-corrected chi connectivity index (χ0v) is 54.0. The molecule has 0 aromatic carbocycles. The molecule has 0 saturated carbocycles. The van der Waals surface area contributed by atoms with Crippen LogP contribution in [0.2, 0.25) is 0 Å². The zero-order chi connectivity index (χ0) is 63.9. The number of ketones is 1. The molecular formula is C62H104N10O13. The molecule has 0 bridgehead atoms. The minimum Gasteiger partial charge on any atom is -0.459 e. The van der Waals surface area contributed by atoms with Gasteiger partial charge in [-0.05, 0) is 94.3 Å². The van der Waals surface area contributed by atoms with Crippen LogP contribution in [0.1, 0.15) is 179 Å². The Morgan fingerprint density at radius 3 is 1.87 bits per heavy atom. The minimum atomic E-state index is -1.67. The number of ether oxygens (including phenoxy) is 1. The number of hydrogen-bond donors (Lipinski definition) is 3. The molecule has 4 heterocycles. The van der Waals surface area contributed by atoms with Crippen LogP contribution in [0.25, 0.3) is 0 Å². The SMILES string of the molecule is CCCCC1C(=O)N2CCCC2C(=O)N(C)C(CCCC)C(=O)NCC(=O)OC(C)C(N(C)C(=O)C2CC(CC)CN2C(=O)C(C(C)C)N(C)C(=O)C(=O)CC)C(=O)NC(CC(C)C)C(=O)N2CC(C)CC2C(=O)NC(CCC(C)C)C(=O)N1C. The van der Waals surface area contributed by atoms with Crippen LogP contribution in [0.3, 0.4) is 0 Å². The minimum absolute atomic E-state index is 0.0717. The van der Waals surface area contributed by atoms with Crippen LogP contribution in [0.15, 0.2) is 0 Å². The van der Waals surface area contributed by atoms with Crippen molar-refractivity contribution in [3.8, 4) is 0 Å². The van der Waals surface area contributed by atoms with Gasteiger partial charge in [-0.25, -0.2) is 0 Å². The van der Waals surface area contributed by atoms with Crippen molar-refractivity contribution in [2.24, 2.45) is 29.6 Å². The standard InChI is InChI=1S/C62H104N10O13/c1-17-21-24-44-53(75)63-33-50(74)85-40(12)52(69(16)59(81)48-32-41(19-3)35-72(48)62(84)51(38(9)10)68(15)61(83)49(73)20-4)55(77)65-43(30-37(7)8)57(79)71-34-39(11)31-47(71)54(76)64-42(28-27-36(5)6)56(78)67(14)45(25-22-18-2)60(82)70-29-23-26-46(70)58(80)66(44)13/h36-48,51-52H,17-35H2,1-16H3,(H,63,75)(H,64,76)(H,65,77). The summed E-state index contributed by atoms with van der Waals surface area (Å²) in [6.07, 6.45) is 3.98. The Morgan fingerprint density at radius 2 is 1.29 bits per heavy atom. The van der Waals surface area contributed by atoms with Crippen LogP contribution < -0.4 is 16.0 Å². The lowest BCUT2D eigenvalue weighted by Gasteiger charge is -2.38. The number of rotatable bonds is 19. The van der Waals surface area contributed by atoms with Gasteiger partial charge in [-0.1, -0.05) is 108 Å². The second kappa shape index (κ2) is 32.5. The Balaban J connectivity index is 1.88. The lowest BCUT2D eigenvalue weighted by molar-refractivity contribution is -0.160. The highest BCUT2D eigenvalue weighted by molar-refractivity contribution is 6.36. The first-order valence-corrected chi connectivity index (χ1v) is 31.6. The number of likely N-dealkylation sites (N-methyl/N-ethyl adjacent to an activating group) is 4. The third-order valence-electron chi connectivity index (χ3n) is 17.7. The van der Waals surface area contributed by atoms with E-state index in [-0.39, 0.29) is 88.3 Å². The van der Waals surface area contributed by atoms with Crippen LogP contribution >= 0.6 is 0 Å².